The van der Waals surface area contributed by atoms with Crippen molar-refractivity contribution in [3.8, 4) is 11.5 Å². The Kier molecular flexibility index (Phi) is 7.14. The van der Waals surface area contributed by atoms with E-state index in [1.54, 1.807) is 12.0 Å². The van der Waals surface area contributed by atoms with E-state index in [4.69, 9.17) is 14.2 Å². The molecular weight excluding hydrogens is 356 g/mol. The van der Waals surface area contributed by atoms with Gasteiger partial charge in [-0.25, -0.2) is 4.79 Å². The van der Waals surface area contributed by atoms with Gasteiger partial charge in [0.05, 0.1) is 39.9 Å². The van der Waals surface area contributed by atoms with Crippen molar-refractivity contribution in [2.24, 2.45) is 0 Å². The average Bonchev–Trinajstić information content (AvgIpc) is 2.74. The van der Waals surface area contributed by atoms with E-state index in [9.17, 15) is 4.79 Å². The number of carbonyl (C=O) groups is 1. The first-order chi connectivity index (χ1) is 13.7. The molecule has 0 unspecified atom stereocenters. The fourth-order valence-electron chi connectivity index (χ4n) is 3.36. The van der Waals surface area contributed by atoms with E-state index >= 15 is 0 Å². The van der Waals surface area contributed by atoms with Gasteiger partial charge in [0, 0.05) is 5.56 Å². The molecule has 3 rings (SSSR count). The quantitative estimate of drug-likeness (QED) is 0.793. The topological polar surface area (TPSA) is 52.4 Å². The fraction of sp³-hybridized carbons (Fsp3) is 0.409. The van der Waals surface area contributed by atoms with Gasteiger partial charge in [0.25, 0.3) is 0 Å². The van der Waals surface area contributed by atoms with E-state index in [1.165, 1.54) is 10.5 Å². The number of rotatable bonds is 7. The highest BCUT2D eigenvalue weighted by Crippen LogP contribution is 2.28. The molecule has 2 aromatic carbocycles. The van der Waals surface area contributed by atoms with Gasteiger partial charge in [-0.3, -0.25) is 4.90 Å². The van der Waals surface area contributed by atoms with E-state index in [-0.39, 0.29) is 6.09 Å². The maximum Gasteiger partial charge on any atom is 0.410 e. The molecule has 0 aliphatic carbocycles. The first kappa shape index (κ1) is 20.0. The maximum atomic E-state index is 11.8. The lowest BCUT2D eigenvalue weighted by Crippen LogP contribution is -3.13. The molecule has 6 heteroatoms. The molecule has 150 valence electrons. The van der Waals surface area contributed by atoms with Crippen LogP contribution in [0.15, 0.2) is 48.5 Å². The lowest BCUT2D eigenvalue weighted by molar-refractivity contribution is -0.917. The third kappa shape index (κ3) is 5.39. The van der Waals surface area contributed by atoms with Crippen LogP contribution in [0.2, 0.25) is 0 Å². The van der Waals surface area contributed by atoms with Gasteiger partial charge in [-0.15, -0.1) is 0 Å². The van der Waals surface area contributed by atoms with Crippen LogP contribution in [-0.4, -0.2) is 50.9 Å². The zero-order valence-electron chi connectivity index (χ0n) is 16.6. The standard InChI is InChI=1S/C22H28N2O4/c1-3-27-22(25)24-13-11-23(12-14-24)16-19-9-10-20(21(15-19)26-2)28-17-18-7-5-4-6-8-18/h4-10,15H,3,11-14,16-17H2,1-2H3/p+1. The van der Waals surface area contributed by atoms with Crippen LogP contribution in [0.5, 0.6) is 11.5 Å². The third-order valence-corrected chi connectivity index (χ3v) is 4.92. The Bertz CT molecular complexity index is 758. The summed E-state index contributed by atoms with van der Waals surface area (Å²) in [7, 11) is 1.67. The minimum absolute atomic E-state index is 0.205. The summed E-state index contributed by atoms with van der Waals surface area (Å²) in [5.41, 5.74) is 2.32. The molecule has 0 radical (unpaired) electrons. The zero-order chi connectivity index (χ0) is 19.8. The predicted molar refractivity (Wildman–Crippen MR) is 107 cm³/mol. The highest BCUT2D eigenvalue weighted by Gasteiger charge is 2.24. The second kappa shape index (κ2) is 9.99. The van der Waals surface area contributed by atoms with E-state index in [1.807, 2.05) is 49.4 Å². The number of benzene rings is 2. The zero-order valence-corrected chi connectivity index (χ0v) is 16.6. The van der Waals surface area contributed by atoms with Crippen molar-refractivity contribution in [1.82, 2.24) is 4.90 Å². The molecule has 1 heterocycles. The molecule has 1 saturated heterocycles. The van der Waals surface area contributed by atoms with Crippen LogP contribution in [0.1, 0.15) is 18.1 Å². The van der Waals surface area contributed by atoms with Gasteiger partial charge in [0.15, 0.2) is 11.5 Å². The number of quaternary nitrogens is 1. The lowest BCUT2D eigenvalue weighted by Gasteiger charge is -2.31. The molecule has 0 saturated carbocycles. The van der Waals surface area contributed by atoms with Crippen LogP contribution in [0.3, 0.4) is 0 Å². The van der Waals surface area contributed by atoms with Crippen molar-refractivity contribution < 1.29 is 23.9 Å². The largest absolute Gasteiger partial charge is 0.493 e. The van der Waals surface area contributed by atoms with Crippen LogP contribution in [0.25, 0.3) is 0 Å². The predicted octanol–water partition coefficient (Wildman–Crippen LogP) is 2.13. The van der Waals surface area contributed by atoms with Gasteiger partial charge in [-0.1, -0.05) is 30.3 Å². The van der Waals surface area contributed by atoms with Crippen LogP contribution in [0.4, 0.5) is 4.79 Å². The number of nitrogens with zero attached hydrogens (tertiary/aromatic N) is 1. The molecule has 28 heavy (non-hydrogen) atoms. The van der Waals surface area contributed by atoms with E-state index in [2.05, 4.69) is 6.07 Å². The Morgan fingerprint density at radius 2 is 1.79 bits per heavy atom. The second-order valence-electron chi connectivity index (χ2n) is 6.87. The molecule has 0 atom stereocenters. The normalized spacial score (nSPS) is 14.6. The fourth-order valence-corrected chi connectivity index (χ4v) is 3.36. The number of ether oxygens (including phenoxy) is 3. The van der Waals surface area contributed by atoms with Gasteiger partial charge >= 0.3 is 6.09 Å². The summed E-state index contributed by atoms with van der Waals surface area (Å²) in [5, 5.41) is 0. The van der Waals surface area contributed by atoms with Crippen molar-refractivity contribution in [3.63, 3.8) is 0 Å². The average molecular weight is 385 g/mol. The summed E-state index contributed by atoms with van der Waals surface area (Å²) in [4.78, 5) is 15.0. The Labute approximate surface area is 166 Å². The van der Waals surface area contributed by atoms with Crippen LogP contribution < -0.4 is 14.4 Å². The Balaban J connectivity index is 1.54. The first-order valence-electron chi connectivity index (χ1n) is 9.78. The molecule has 0 spiro atoms. The Hall–Kier alpha value is -2.73. The molecule has 2 aromatic rings. The van der Waals surface area contributed by atoms with Crippen LogP contribution in [-0.2, 0) is 17.9 Å². The number of piperazine rings is 1. The Morgan fingerprint density at radius 1 is 1.04 bits per heavy atom. The summed E-state index contributed by atoms with van der Waals surface area (Å²) >= 11 is 0. The molecular formula is C22H29N2O4+. The molecule has 6 nitrogen and oxygen atoms in total. The SMILES string of the molecule is CCOC(=O)N1CC[NH+](Cc2ccc(OCc3ccccc3)c(OC)c2)CC1. The van der Waals surface area contributed by atoms with Gasteiger partial charge < -0.3 is 19.1 Å². The monoisotopic (exact) mass is 385 g/mol. The lowest BCUT2D eigenvalue weighted by atomic mass is 10.1. The number of hydrogen-bond acceptors (Lipinski definition) is 4. The molecule has 1 amide bonds. The van der Waals surface area contributed by atoms with Gasteiger partial charge in [0.2, 0.25) is 0 Å². The Morgan fingerprint density at radius 3 is 2.46 bits per heavy atom. The summed E-state index contributed by atoms with van der Waals surface area (Å²) < 4.78 is 16.5. The minimum atomic E-state index is -0.205. The van der Waals surface area contributed by atoms with Crippen molar-refractivity contribution in [2.75, 3.05) is 39.9 Å². The first-order valence-corrected chi connectivity index (χ1v) is 9.78. The molecule has 1 fully saturated rings. The van der Waals surface area contributed by atoms with Gasteiger partial charge in [-0.05, 0) is 30.7 Å². The number of hydrogen-bond donors (Lipinski definition) is 1. The van der Waals surface area contributed by atoms with Crippen molar-refractivity contribution in [2.45, 2.75) is 20.1 Å². The van der Waals surface area contributed by atoms with Gasteiger partial charge in [-0.2, -0.15) is 0 Å². The minimum Gasteiger partial charge on any atom is -0.493 e. The maximum absolute atomic E-state index is 11.8. The number of methoxy groups -OCH3 is 1. The number of carbonyl (C=O) groups excluding carboxylic acids is 1. The highest BCUT2D eigenvalue weighted by molar-refractivity contribution is 5.67. The van der Waals surface area contributed by atoms with Crippen LogP contribution in [0, 0.1) is 0 Å². The number of amides is 1. The van der Waals surface area contributed by atoms with Crippen LogP contribution >= 0.6 is 0 Å². The van der Waals surface area contributed by atoms with E-state index in [0.29, 0.717) is 13.2 Å². The molecule has 1 N–H and O–H groups in total. The molecule has 1 aliphatic heterocycles. The van der Waals surface area contributed by atoms with Crippen molar-refractivity contribution in [3.05, 3.63) is 59.7 Å². The van der Waals surface area contributed by atoms with E-state index in [0.717, 1.165) is 49.8 Å². The van der Waals surface area contributed by atoms with Gasteiger partial charge in [0.1, 0.15) is 13.2 Å². The molecule has 1 aliphatic rings. The molecule has 0 bridgehead atoms. The van der Waals surface area contributed by atoms with E-state index < -0.39 is 0 Å². The summed E-state index contributed by atoms with van der Waals surface area (Å²) in [5.74, 6) is 1.50. The number of nitrogens with one attached hydrogen (secondary N) is 1. The summed E-state index contributed by atoms with van der Waals surface area (Å²) in [6.45, 7) is 6.93. The smallest absolute Gasteiger partial charge is 0.410 e. The molecule has 0 aromatic heterocycles. The summed E-state index contributed by atoms with van der Waals surface area (Å²) in [6.07, 6.45) is -0.205. The second-order valence-corrected chi connectivity index (χ2v) is 6.87. The van der Waals surface area contributed by atoms with Crippen molar-refractivity contribution in [1.29, 1.82) is 0 Å². The van der Waals surface area contributed by atoms with Crippen molar-refractivity contribution >= 4 is 6.09 Å². The summed E-state index contributed by atoms with van der Waals surface area (Å²) in [6, 6.07) is 16.2. The highest BCUT2D eigenvalue weighted by atomic mass is 16.6. The third-order valence-electron chi connectivity index (χ3n) is 4.92.